The van der Waals surface area contributed by atoms with Crippen molar-refractivity contribution in [3.05, 3.63) is 12.3 Å². The van der Waals surface area contributed by atoms with E-state index in [1.165, 1.54) is 6.26 Å². The van der Waals surface area contributed by atoms with Gasteiger partial charge in [0.2, 0.25) is 0 Å². The molecular weight excluding hydrogens is 120 g/mol. The first-order chi connectivity index (χ1) is 4.34. The lowest BCUT2D eigenvalue weighted by atomic mass is 10.4. The van der Waals surface area contributed by atoms with Crippen LogP contribution >= 0.6 is 0 Å². The van der Waals surface area contributed by atoms with Crippen LogP contribution in [-0.2, 0) is 14.3 Å². The minimum atomic E-state index is -0.463. The Bertz CT molecular complexity index is 139. The van der Waals surface area contributed by atoms with Crippen molar-refractivity contribution in [3.8, 4) is 0 Å². The maximum Gasteiger partial charge on any atom is 0.344 e. The average Bonchev–Trinajstić information content (AvgIpc) is 2.18. The molecule has 1 unspecified atom stereocenters. The summed E-state index contributed by atoms with van der Waals surface area (Å²) in [6, 6.07) is 0. The van der Waals surface area contributed by atoms with Crippen LogP contribution in [0.1, 0.15) is 6.92 Å². The molecule has 0 spiro atoms. The lowest BCUT2D eigenvalue weighted by Gasteiger charge is -2.01. The molecule has 0 aromatic rings. The highest BCUT2D eigenvalue weighted by Gasteiger charge is 2.20. The quantitative estimate of drug-likeness (QED) is 0.507. The van der Waals surface area contributed by atoms with Crippen LogP contribution in [0, 0.1) is 0 Å². The van der Waals surface area contributed by atoms with Gasteiger partial charge in [0, 0.05) is 6.61 Å². The number of hydrogen-bond donors (Lipinski definition) is 0. The van der Waals surface area contributed by atoms with E-state index in [-0.39, 0.29) is 5.97 Å². The minimum absolute atomic E-state index is 0.322. The van der Waals surface area contributed by atoms with Gasteiger partial charge < -0.3 is 9.47 Å². The highest BCUT2D eigenvalue weighted by molar-refractivity contribution is 5.79. The van der Waals surface area contributed by atoms with E-state index >= 15 is 0 Å². The Labute approximate surface area is 53.3 Å². The summed E-state index contributed by atoms with van der Waals surface area (Å²) in [5.41, 5.74) is 0. The third-order valence-corrected chi connectivity index (χ3v) is 1.02. The van der Waals surface area contributed by atoms with Crippen LogP contribution in [0.5, 0.6) is 0 Å². The first kappa shape index (κ1) is 6.29. The van der Waals surface area contributed by atoms with Crippen LogP contribution in [0.2, 0.25) is 0 Å². The Morgan fingerprint density at radius 1 is 1.89 bits per heavy atom. The van der Waals surface area contributed by atoms with Crippen molar-refractivity contribution in [3.63, 3.8) is 0 Å². The third-order valence-electron chi connectivity index (χ3n) is 1.02. The molecule has 0 aromatic heterocycles. The summed E-state index contributed by atoms with van der Waals surface area (Å²) in [7, 11) is 0. The van der Waals surface area contributed by atoms with E-state index in [1.807, 2.05) is 6.92 Å². The number of cyclic esters (lactones) is 1. The molecule has 0 saturated carbocycles. The van der Waals surface area contributed by atoms with Crippen LogP contribution in [0.25, 0.3) is 0 Å². The topological polar surface area (TPSA) is 35.5 Å². The van der Waals surface area contributed by atoms with E-state index in [2.05, 4.69) is 4.74 Å². The van der Waals surface area contributed by atoms with E-state index in [4.69, 9.17) is 4.74 Å². The van der Waals surface area contributed by atoms with Gasteiger partial charge in [-0.3, -0.25) is 0 Å². The molecule has 0 amide bonds. The maximum absolute atomic E-state index is 10.6. The molecule has 1 atom stereocenters. The Kier molecular flexibility index (Phi) is 1.85. The van der Waals surface area contributed by atoms with Crippen LogP contribution in [0.15, 0.2) is 12.3 Å². The van der Waals surface area contributed by atoms with Crippen LogP contribution in [-0.4, -0.2) is 18.7 Å². The summed E-state index contributed by atoms with van der Waals surface area (Å²) in [5, 5.41) is 0. The van der Waals surface area contributed by atoms with Gasteiger partial charge >= 0.3 is 5.97 Å². The molecule has 1 heterocycles. The molecular formula is C6H8O3. The number of hydrogen-bond acceptors (Lipinski definition) is 3. The van der Waals surface area contributed by atoms with Gasteiger partial charge in [0.05, 0.1) is 6.26 Å². The van der Waals surface area contributed by atoms with Gasteiger partial charge in [-0.2, -0.15) is 0 Å². The van der Waals surface area contributed by atoms with Gasteiger partial charge in [0.15, 0.2) is 6.10 Å². The zero-order valence-corrected chi connectivity index (χ0v) is 5.16. The number of carbonyl (C=O) groups excluding carboxylic acids is 1. The molecule has 3 heteroatoms. The predicted molar refractivity (Wildman–Crippen MR) is 30.6 cm³/mol. The van der Waals surface area contributed by atoms with Gasteiger partial charge in [0.1, 0.15) is 0 Å². The summed E-state index contributed by atoms with van der Waals surface area (Å²) < 4.78 is 9.43. The van der Waals surface area contributed by atoms with E-state index < -0.39 is 6.10 Å². The van der Waals surface area contributed by atoms with Crippen LogP contribution in [0.3, 0.4) is 0 Å². The zero-order valence-electron chi connectivity index (χ0n) is 5.16. The van der Waals surface area contributed by atoms with Crippen molar-refractivity contribution in [2.24, 2.45) is 0 Å². The molecule has 1 aliphatic rings. The van der Waals surface area contributed by atoms with Gasteiger partial charge in [-0.1, -0.05) is 0 Å². The molecule has 0 radical (unpaired) electrons. The molecule has 3 nitrogen and oxygen atoms in total. The van der Waals surface area contributed by atoms with Crippen molar-refractivity contribution in [1.82, 2.24) is 0 Å². The Morgan fingerprint density at radius 3 is 3.11 bits per heavy atom. The summed E-state index contributed by atoms with van der Waals surface area (Å²) in [6.45, 7) is 2.36. The summed E-state index contributed by atoms with van der Waals surface area (Å²) in [6.07, 6.45) is 2.48. The monoisotopic (exact) mass is 128 g/mol. The molecule has 0 aromatic carbocycles. The smallest absolute Gasteiger partial charge is 0.344 e. The van der Waals surface area contributed by atoms with Gasteiger partial charge in [-0.05, 0) is 13.0 Å². The lowest BCUT2D eigenvalue weighted by Crippen LogP contribution is -2.18. The summed E-state index contributed by atoms with van der Waals surface area (Å²) >= 11 is 0. The second kappa shape index (κ2) is 2.64. The van der Waals surface area contributed by atoms with Crippen LogP contribution in [0.4, 0.5) is 0 Å². The van der Waals surface area contributed by atoms with Crippen molar-refractivity contribution in [2.75, 3.05) is 6.61 Å². The zero-order chi connectivity index (χ0) is 6.69. The fourth-order valence-corrected chi connectivity index (χ4v) is 0.626. The number of ether oxygens (including phenoxy) is 2. The van der Waals surface area contributed by atoms with Crippen molar-refractivity contribution < 1.29 is 14.3 Å². The molecule has 0 saturated heterocycles. The number of esters is 1. The Hall–Kier alpha value is -0.830. The number of carbonyl (C=O) groups is 1. The van der Waals surface area contributed by atoms with Crippen molar-refractivity contribution >= 4 is 5.97 Å². The number of rotatable bonds is 2. The van der Waals surface area contributed by atoms with Crippen molar-refractivity contribution in [2.45, 2.75) is 13.0 Å². The summed E-state index contributed by atoms with van der Waals surface area (Å²) in [4.78, 5) is 10.6. The molecule has 9 heavy (non-hydrogen) atoms. The van der Waals surface area contributed by atoms with Crippen molar-refractivity contribution in [1.29, 1.82) is 0 Å². The highest BCUT2D eigenvalue weighted by atomic mass is 16.6. The molecule has 1 aliphatic heterocycles. The standard InChI is InChI=1S/C6H8O3/c1-2-8-5-3-4-9-6(5)7/h3-5H,2H2,1H3. The molecule has 0 N–H and O–H groups in total. The van der Waals surface area contributed by atoms with E-state index in [0.29, 0.717) is 6.61 Å². The summed E-state index contributed by atoms with van der Waals surface area (Å²) in [5.74, 6) is -0.322. The SMILES string of the molecule is CCOC1C=COC1=O. The maximum atomic E-state index is 10.6. The van der Waals surface area contributed by atoms with Gasteiger partial charge in [0.25, 0.3) is 0 Å². The molecule has 0 fully saturated rings. The van der Waals surface area contributed by atoms with Gasteiger partial charge in [-0.15, -0.1) is 0 Å². The third kappa shape index (κ3) is 1.29. The fraction of sp³-hybridized carbons (Fsp3) is 0.500. The minimum Gasteiger partial charge on any atom is -0.433 e. The molecule has 0 aliphatic carbocycles. The first-order valence-corrected chi connectivity index (χ1v) is 2.83. The van der Waals surface area contributed by atoms with E-state index in [0.717, 1.165) is 0 Å². The Balaban J connectivity index is 2.40. The normalized spacial score (nSPS) is 24.6. The van der Waals surface area contributed by atoms with E-state index in [9.17, 15) is 4.79 Å². The molecule has 50 valence electrons. The predicted octanol–water partition coefficient (Wildman–Crippen LogP) is 0.462. The fourth-order valence-electron chi connectivity index (χ4n) is 0.626. The average molecular weight is 128 g/mol. The molecule has 0 bridgehead atoms. The second-order valence-electron chi connectivity index (χ2n) is 1.64. The molecule has 1 rings (SSSR count). The lowest BCUT2D eigenvalue weighted by molar-refractivity contribution is -0.144. The van der Waals surface area contributed by atoms with E-state index in [1.54, 1.807) is 6.08 Å². The highest BCUT2D eigenvalue weighted by Crippen LogP contribution is 2.05. The Morgan fingerprint density at radius 2 is 2.67 bits per heavy atom. The van der Waals surface area contributed by atoms with Crippen LogP contribution < -0.4 is 0 Å². The largest absolute Gasteiger partial charge is 0.433 e. The second-order valence-corrected chi connectivity index (χ2v) is 1.64. The van der Waals surface area contributed by atoms with Gasteiger partial charge in [-0.25, -0.2) is 4.79 Å². The first-order valence-electron chi connectivity index (χ1n) is 2.83.